The second-order valence-corrected chi connectivity index (χ2v) is 6.27. The number of aliphatic hydroxyl groups excluding tert-OH is 1. The molecule has 0 radical (unpaired) electrons. The summed E-state index contributed by atoms with van der Waals surface area (Å²) >= 11 is 0. The van der Waals surface area contributed by atoms with Crippen LogP contribution in [-0.2, 0) is 19.1 Å². The Morgan fingerprint density at radius 1 is 1.38 bits per heavy atom. The lowest BCUT2D eigenvalue weighted by atomic mass is 10.00. The number of rotatable bonds is 3. The average Bonchev–Trinajstić information content (AvgIpc) is 2.66. The van der Waals surface area contributed by atoms with Crippen molar-refractivity contribution in [1.82, 2.24) is 10.6 Å². The molecule has 21 heavy (non-hydrogen) atoms. The molecular formula is C14H24N2O5. The van der Waals surface area contributed by atoms with Crippen LogP contribution in [0.15, 0.2) is 0 Å². The SMILES string of the molecule is CC1(C)OCC(CO)(NC(=O)C2CCCCC(=O)N2)CO1. The monoisotopic (exact) mass is 300 g/mol. The van der Waals surface area contributed by atoms with E-state index in [4.69, 9.17) is 9.47 Å². The van der Waals surface area contributed by atoms with Gasteiger partial charge in [0.2, 0.25) is 11.8 Å². The number of ether oxygens (including phenoxy) is 2. The van der Waals surface area contributed by atoms with Crippen molar-refractivity contribution in [2.24, 2.45) is 0 Å². The van der Waals surface area contributed by atoms with Crippen LogP contribution in [0.1, 0.15) is 39.5 Å². The number of carbonyl (C=O) groups excluding carboxylic acids is 2. The van der Waals surface area contributed by atoms with E-state index >= 15 is 0 Å². The van der Waals surface area contributed by atoms with Gasteiger partial charge in [-0.2, -0.15) is 0 Å². The second-order valence-electron chi connectivity index (χ2n) is 6.27. The fourth-order valence-corrected chi connectivity index (χ4v) is 2.43. The molecule has 0 aromatic rings. The van der Waals surface area contributed by atoms with Gasteiger partial charge < -0.3 is 25.2 Å². The Kier molecular flexibility index (Phi) is 4.85. The van der Waals surface area contributed by atoms with Gasteiger partial charge >= 0.3 is 0 Å². The first-order valence-electron chi connectivity index (χ1n) is 7.36. The van der Waals surface area contributed by atoms with E-state index in [-0.39, 0.29) is 31.6 Å². The lowest BCUT2D eigenvalue weighted by Gasteiger charge is -2.43. The Labute approximate surface area is 124 Å². The normalized spacial score (nSPS) is 28.3. The molecule has 0 aliphatic carbocycles. The zero-order valence-electron chi connectivity index (χ0n) is 12.6. The number of hydrogen-bond donors (Lipinski definition) is 3. The second kappa shape index (κ2) is 6.29. The first-order chi connectivity index (χ1) is 9.86. The molecule has 120 valence electrons. The number of aliphatic hydroxyl groups is 1. The summed E-state index contributed by atoms with van der Waals surface area (Å²) in [5.41, 5.74) is -0.955. The first-order valence-corrected chi connectivity index (χ1v) is 7.36. The Bertz CT molecular complexity index is 400. The summed E-state index contributed by atoms with van der Waals surface area (Å²) in [4.78, 5) is 23.9. The highest BCUT2D eigenvalue weighted by atomic mass is 16.7. The minimum atomic E-state index is -0.955. The van der Waals surface area contributed by atoms with E-state index in [1.165, 1.54) is 0 Å². The van der Waals surface area contributed by atoms with Gasteiger partial charge in [0.05, 0.1) is 19.8 Å². The van der Waals surface area contributed by atoms with Crippen LogP contribution in [0.25, 0.3) is 0 Å². The van der Waals surface area contributed by atoms with Crippen LogP contribution < -0.4 is 10.6 Å². The molecule has 7 nitrogen and oxygen atoms in total. The van der Waals surface area contributed by atoms with Gasteiger partial charge in [-0.25, -0.2) is 0 Å². The summed E-state index contributed by atoms with van der Waals surface area (Å²) in [5.74, 6) is -1.13. The molecule has 3 N–H and O–H groups in total. The number of nitrogens with one attached hydrogen (secondary N) is 2. The molecule has 0 bridgehead atoms. The molecule has 0 saturated carbocycles. The Morgan fingerprint density at radius 2 is 2.05 bits per heavy atom. The van der Waals surface area contributed by atoms with Crippen molar-refractivity contribution in [3.05, 3.63) is 0 Å². The van der Waals surface area contributed by atoms with E-state index in [9.17, 15) is 14.7 Å². The molecule has 0 aromatic carbocycles. The third-order valence-electron chi connectivity index (χ3n) is 3.88. The maximum absolute atomic E-state index is 12.3. The van der Waals surface area contributed by atoms with Crippen molar-refractivity contribution in [2.45, 2.75) is 56.9 Å². The van der Waals surface area contributed by atoms with Gasteiger partial charge in [0.1, 0.15) is 11.6 Å². The summed E-state index contributed by atoms with van der Waals surface area (Å²) in [6, 6.07) is -0.557. The molecule has 7 heteroatoms. The minimum Gasteiger partial charge on any atom is -0.394 e. The summed E-state index contributed by atoms with van der Waals surface area (Å²) in [5, 5.41) is 15.1. The van der Waals surface area contributed by atoms with Crippen LogP contribution in [0.5, 0.6) is 0 Å². The number of hydrogen-bond acceptors (Lipinski definition) is 5. The highest BCUT2D eigenvalue weighted by molar-refractivity contribution is 5.88. The van der Waals surface area contributed by atoms with E-state index in [1.807, 2.05) is 0 Å². The molecule has 2 saturated heterocycles. The van der Waals surface area contributed by atoms with Crippen molar-refractivity contribution in [2.75, 3.05) is 19.8 Å². The summed E-state index contributed by atoms with van der Waals surface area (Å²) in [6.07, 6.45) is 2.67. The molecule has 1 atom stereocenters. The van der Waals surface area contributed by atoms with Crippen LogP contribution in [-0.4, -0.2) is 54.1 Å². The summed E-state index contributed by atoms with van der Waals surface area (Å²) in [6.45, 7) is 3.62. The quantitative estimate of drug-likeness (QED) is 0.663. The standard InChI is InChI=1S/C14H24N2O5/c1-13(2)20-8-14(7-17,9-21-13)16-12(19)10-5-3-4-6-11(18)15-10/h10,17H,3-9H2,1-2H3,(H,15,18)(H,16,19). The molecule has 0 spiro atoms. The first kappa shape index (κ1) is 16.2. The van der Waals surface area contributed by atoms with Crippen LogP contribution >= 0.6 is 0 Å². The summed E-state index contributed by atoms with van der Waals surface area (Å²) in [7, 11) is 0. The van der Waals surface area contributed by atoms with Crippen molar-refractivity contribution in [1.29, 1.82) is 0 Å². The zero-order valence-corrected chi connectivity index (χ0v) is 12.6. The molecule has 2 rings (SSSR count). The summed E-state index contributed by atoms with van der Waals surface area (Å²) < 4.78 is 11.0. The zero-order chi connectivity index (χ0) is 15.5. The van der Waals surface area contributed by atoms with Crippen LogP contribution in [0.2, 0.25) is 0 Å². The molecule has 2 heterocycles. The molecule has 2 fully saturated rings. The molecule has 0 aromatic heterocycles. The van der Waals surface area contributed by atoms with Crippen molar-refractivity contribution >= 4 is 11.8 Å². The highest BCUT2D eigenvalue weighted by Crippen LogP contribution is 2.23. The smallest absolute Gasteiger partial charge is 0.243 e. The van der Waals surface area contributed by atoms with Gasteiger partial charge in [0.15, 0.2) is 5.79 Å². The minimum absolute atomic E-state index is 0.108. The van der Waals surface area contributed by atoms with Gasteiger partial charge in [-0.05, 0) is 26.7 Å². The van der Waals surface area contributed by atoms with Gasteiger partial charge in [-0.15, -0.1) is 0 Å². The van der Waals surface area contributed by atoms with E-state index in [2.05, 4.69) is 10.6 Å². The maximum Gasteiger partial charge on any atom is 0.243 e. The van der Waals surface area contributed by atoms with Crippen LogP contribution in [0, 0.1) is 0 Å². The van der Waals surface area contributed by atoms with Gasteiger partial charge in [0.25, 0.3) is 0 Å². The fraction of sp³-hybridized carbons (Fsp3) is 0.857. The Hall–Kier alpha value is -1.18. The molecule has 2 amide bonds. The molecular weight excluding hydrogens is 276 g/mol. The van der Waals surface area contributed by atoms with Crippen molar-refractivity contribution in [3.63, 3.8) is 0 Å². The predicted molar refractivity (Wildman–Crippen MR) is 74.3 cm³/mol. The van der Waals surface area contributed by atoms with E-state index in [1.54, 1.807) is 13.8 Å². The highest BCUT2D eigenvalue weighted by Gasteiger charge is 2.42. The third-order valence-corrected chi connectivity index (χ3v) is 3.88. The van der Waals surface area contributed by atoms with Crippen molar-refractivity contribution in [3.8, 4) is 0 Å². The number of amides is 2. The average molecular weight is 300 g/mol. The van der Waals surface area contributed by atoms with Gasteiger partial charge in [-0.3, -0.25) is 9.59 Å². The van der Waals surface area contributed by atoms with E-state index in [0.717, 1.165) is 12.8 Å². The van der Waals surface area contributed by atoms with Gasteiger partial charge in [0, 0.05) is 6.42 Å². The molecule has 2 aliphatic heterocycles. The Morgan fingerprint density at radius 3 is 2.67 bits per heavy atom. The lowest BCUT2D eigenvalue weighted by Crippen LogP contribution is -2.65. The molecule has 2 aliphatic rings. The number of carbonyl (C=O) groups is 2. The van der Waals surface area contributed by atoms with Crippen LogP contribution in [0.4, 0.5) is 0 Å². The van der Waals surface area contributed by atoms with Crippen LogP contribution in [0.3, 0.4) is 0 Å². The topological polar surface area (TPSA) is 96.9 Å². The lowest BCUT2D eigenvalue weighted by molar-refractivity contribution is -0.274. The third kappa shape index (κ3) is 4.15. The van der Waals surface area contributed by atoms with E-state index < -0.39 is 17.4 Å². The largest absolute Gasteiger partial charge is 0.394 e. The Balaban J connectivity index is 1.98. The van der Waals surface area contributed by atoms with Gasteiger partial charge in [-0.1, -0.05) is 6.42 Å². The van der Waals surface area contributed by atoms with E-state index in [0.29, 0.717) is 12.8 Å². The predicted octanol–water partition coefficient (Wildman–Crippen LogP) is -0.325. The maximum atomic E-state index is 12.3. The van der Waals surface area contributed by atoms with Crippen molar-refractivity contribution < 1.29 is 24.2 Å². The molecule has 1 unspecified atom stereocenters. The fourth-order valence-electron chi connectivity index (χ4n) is 2.43.